The zero-order valence-corrected chi connectivity index (χ0v) is 9.16. The van der Waals surface area contributed by atoms with E-state index in [-0.39, 0.29) is 5.54 Å². The van der Waals surface area contributed by atoms with Crippen molar-refractivity contribution in [3.05, 3.63) is 0 Å². The van der Waals surface area contributed by atoms with Gasteiger partial charge in [-0.3, -0.25) is 4.99 Å². The van der Waals surface area contributed by atoms with Crippen molar-refractivity contribution in [3.63, 3.8) is 0 Å². The zero-order valence-electron chi connectivity index (χ0n) is 8.35. The Hall–Kier alpha value is -0.180. The molecule has 0 saturated carbocycles. The normalized spacial score (nSPS) is 31.7. The molecule has 0 bridgehead atoms. The van der Waals surface area contributed by atoms with Gasteiger partial charge >= 0.3 is 0 Å². The van der Waals surface area contributed by atoms with Gasteiger partial charge in [-0.1, -0.05) is 18.7 Å². The highest BCUT2D eigenvalue weighted by molar-refractivity contribution is 8.14. The molecule has 1 aliphatic heterocycles. The van der Waals surface area contributed by atoms with Gasteiger partial charge in [0, 0.05) is 17.3 Å². The average molecular weight is 186 g/mol. The minimum Gasteiger partial charge on any atom is -0.360 e. The lowest BCUT2D eigenvalue weighted by atomic mass is 9.99. The number of amidine groups is 1. The quantitative estimate of drug-likeness (QED) is 0.679. The minimum atomic E-state index is 0.221. The summed E-state index contributed by atoms with van der Waals surface area (Å²) in [4.78, 5) is 4.40. The lowest BCUT2D eigenvalue weighted by Crippen LogP contribution is -2.48. The summed E-state index contributed by atoms with van der Waals surface area (Å²) in [5, 5.41) is 5.24. The second-order valence-electron chi connectivity index (χ2n) is 3.92. The molecule has 12 heavy (non-hydrogen) atoms. The van der Waals surface area contributed by atoms with Gasteiger partial charge in [-0.05, 0) is 27.2 Å². The van der Waals surface area contributed by atoms with Crippen LogP contribution in [-0.4, -0.2) is 22.5 Å². The third-order valence-electron chi connectivity index (χ3n) is 1.86. The summed E-state index contributed by atoms with van der Waals surface area (Å²) in [7, 11) is 0. The van der Waals surface area contributed by atoms with E-state index in [1.807, 2.05) is 11.8 Å². The number of aliphatic imine (C=N–C) groups is 1. The maximum atomic E-state index is 4.40. The summed E-state index contributed by atoms with van der Waals surface area (Å²) in [5.74, 6) is 0. The lowest BCUT2D eigenvalue weighted by Gasteiger charge is -2.35. The van der Waals surface area contributed by atoms with E-state index in [4.69, 9.17) is 0 Å². The first-order chi connectivity index (χ1) is 5.53. The number of hydrogen-bond acceptors (Lipinski definition) is 2. The van der Waals surface area contributed by atoms with Crippen molar-refractivity contribution in [2.75, 3.05) is 6.54 Å². The summed E-state index contributed by atoms with van der Waals surface area (Å²) in [6.07, 6.45) is 1.21. The summed E-state index contributed by atoms with van der Waals surface area (Å²) in [6.45, 7) is 9.67. The van der Waals surface area contributed by atoms with Gasteiger partial charge in [-0.2, -0.15) is 0 Å². The Bertz CT molecular complexity index is 187. The van der Waals surface area contributed by atoms with Crippen LogP contribution in [0.4, 0.5) is 0 Å². The summed E-state index contributed by atoms with van der Waals surface area (Å²) < 4.78 is 0. The van der Waals surface area contributed by atoms with Gasteiger partial charge in [0.1, 0.15) is 0 Å². The smallest absolute Gasteiger partial charge is 0.157 e. The Kier molecular flexibility index (Phi) is 3.04. The maximum absolute atomic E-state index is 4.40. The Morgan fingerprint density at radius 2 is 2.33 bits per heavy atom. The molecule has 1 saturated heterocycles. The van der Waals surface area contributed by atoms with E-state index in [0.717, 1.165) is 11.7 Å². The predicted octanol–water partition coefficient (Wildman–Crippen LogP) is 2.26. The highest BCUT2D eigenvalue weighted by Gasteiger charge is 2.28. The first-order valence-corrected chi connectivity index (χ1v) is 5.41. The van der Waals surface area contributed by atoms with Crippen molar-refractivity contribution >= 4 is 16.9 Å². The summed E-state index contributed by atoms with van der Waals surface area (Å²) >= 11 is 1.85. The van der Waals surface area contributed by atoms with E-state index in [0.29, 0.717) is 5.25 Å². The van der Waals surface area contributed by atoms with Crippen LogP contribution in [0.25, 0.3) is 0 Å². The summed E-state index contributed by atoms with van der Waals surface area (Å²) in [5.41, 5.74) is 0.221. The van der Waals surface area contributed by atoms with Crippen LogP contribution in [0.1, 0.15) is 34.1 Å². The van der Waals surface area contributed by atoms with Gasteiger partial charge in [-0.15, -0.1) is 0 Å². The van der Waals surface area contributed by atoms with Gasteiger partial charge in [0.2, 0.25) is 0 Å². The van der Waals surface area contributed by atoms with E-state index in [1.54, 1.807) is 0 Å². The van der Waals surface area contributed by atoms with E-state index < -0.39 is 0 Å². The second-order valence-corrected chi connectivity index (χ2v) is 5.35. The van der Waals surface area contributed by atoms with Crippen molar-refractivity contribution in [1.29, 1.82) is 0 Å². The van der Waals surface area contributed by atoms with E-state index >= 15 is 0 Å². The standard InChI is InChI=1S/C9H18N2S/c1-5-10-8-11-9(3,4)6-7(2)12-8/h7H,5-6H2,1-4H3,(H,10,11). The summed E-state index contributed by atoms with van der Waals surface area (Å²) in [6, 6.07) is 0. The van der Waals surface area contributed by atoms with Gasteiger partial charge < -0.3 is 5.32 Å². The van der Waals surface area contributed by atoms with Gasteiger partial charge in [0.05, 0.1) is 0 Å². The van der Waals surface area contributed by atoms with Gasteiger partial charge in [0.25, 0.3) is 0 Å². The zero-order chi connectivity index (χ0) is 9.19. The first kappa shape index (κ1) is 9.90. The van der Waals surface area contributed by atoms with Gasteiger partial charge in [0.15, 0.2) is 5.17 Å². The van der Waals surface area contributed by atoms with Gasteiger partial charge in [-0.25, -0.2) is 0 Å². The number of nitrogens with zero attached hydrogens (tertiary/aromatic N) is 1. The Morgan fingerprint density at radius 1 is 1.67 bits per heavy atom. The molecule has 0 aromatic carbocycles. The molecular weight excluding hydrogens is 168 g/mol. The van der Waals surface area contributed by atoms with Crippen LogP contribution in [0, 0.1) is 0 Å². The highest BCUT2D eigenvalue weighted by atomic mass is 32.2. The van der Waals surface area contributed by atoms with E-state index in [1.165, 1.54) is 6.42 Å². The molecule has 0 aromatic heterocycles. The molecule has 1 N–H and O–H groups in total. The SMILES string of the molecule is CCN=C1NC(C)(C)CC(C)S1. The van der Waals surface area contributed by atoms with Crippen molar-refractivity contribution in [1.82, 2.24) is 5.32 Å². The number of rotatable bonds is 1. The number of nitrogens with one attached hydrogen (secondary N) is 1. The molecule has 70 valence electrons. The van der Waals surface area contributed by atoms with Crippen LogP contribution in [0.2, 0.25) is 0 Å². The third kappa shape index (κ3) is 2.70. The van der Waals surface area contributed by atoms with Crippen LogP contribution < -0.4 is 5.32 Å². The topological polar surface area (TPSA) is 24.4 Å². The molecule has 0 amide bonds. The molecule has 1 aliphatic rings. The van der Waals surface area contributed by atoms with Crippen LogP contribution in [0.3, 0.4) is 0 Å². The monoisotopic (exact) mass is 186 g/mol. The molecule has 0 radical (unpaired) electrons. The van der Waals surface area contributed by atoms with E-state index in [9.17, 15) is 0 Å². The molecular formula is C9H18N2S. The largest absolute Gasteiger partial charge is 0.360 e. The highest BCUT2D eigenvalue weighted by Crippen LogP contribution is 2.28. The fourth-order valence-corrected chi connectivity index (χ4v) is 2.96. The second kappa shape index (κ2) is 3.69. The molecule has 0 aliphatic carbocycles. The number of hydrogen-bond donors (Lipinski definition) is 1. The fraction of sp³-hybridized carbons (Fsp3) is 0.889. The Labute approximate surface area is 79.2 Å². The number of thioether (sulfide) groups is 1. The third-order valence-corrected chi connectivity index (χ3v) is 2.88. The molecule has 1 atom stereocenters. The van der Waals surface area contributed by atoms with Crippen LogP contribution in [0.5, 0.6) is 0 Å². The molecule has 2 nitrogen and oxygen atoms in total. The molecule has 0 spiro atoms. The minimum absolute atomic E-state index is 0.221. The Morgan fingerprint density at radius 3 is 2.83 bits per heavy atom. The van der Waals surface area contributed by atoms with E-state index in [2.05, 4.69) is 38.0 Å². The Balaban J connectivity index is 2.64. The van der Waals surface area contributed by atoms with Crippen molar-refractivity contribution in [3.8, 4) is 0 Å². The van der Waals surface area contributed by atoms with Crippen LogP contribution in [-0.2, 0) is 0 Å². The van der Waals surface area contributed by atoms with Crippen LogP contribution in [0.15, 0.2) is 4.99 Å². The van der Waals surface area contributed by atoms with Crippen LogP contribution >= 0.6 is 11.8 Å². The van der Waals surface area contributed by atoms with Crippen molar-refractivity contribution in [2.24, 2.45) is 4.99 Å². The molecule has 1 unspecified atom stereocenters. The first-order valence-electron chi connectivity index (χ1n) is 4.53. The average Bonchev–Trinajstić information content (AvgIpc) is 1.82. The maximum Gasteiger partial charge on any atom is 0.157 e. The van der Waals surface area contributed by atoms with Crippen molar-refractivity contribution < 1.29 is 0 Å². The molecule has 1 fully saturated rings. The van der Waals surface area contributed by atoms with Crippen molar-refractivity contribution in [2.45, 2.75) is 44.9 Å². The molecule has 1 heterocycles. The molecule has 0 aromatic rings. The predicted molar refractivity (Wildman–Crippen MR) is 56.9 cm³/mol. The molecule has 1 rings (SSSR count). The lowest BCUT2D eigenvalue weighted by molar-refractivity contribution is 0.421. The molecule has 3 heteroatoms. The fourth-order valence-electron chi connectivity index (χ4n) is 1.54.